The quantitative estimate of drug-likeness (QED) is 0.362. The van der Waals surface area contributed by atoms with Gasteiger partial charge in [-0.2, -0.15) is 0 Å². The fraction of sp³-hybridized carbons (Fsp3) is 0.364. The lowest BCUT2D eigenvalue weighted by Gasteiger charge is -2.09. The van der Waals surface area contributed by atoms with Crippen LogP contribution in [0, 0.1) is 0 Å². The van der Waals surface area contributed by atoms with Crippen LogP contribution in [0.15, 0.2) is 29.4 Å². The molecule has 6 nitrogen and oxygen atoms in total. The second kappa shape index (κ2) is 6.52. The lowest BCUT2D eigenvalue weighted by molar-refractivity contribution is -0.142. The summed E-state index contributed by atoms with van der Waals surface area (Å²) in [5.74, 6) is -0.428. The van der Waals surface area contributed by atoms with Crippen LogP contribution in [0.3, 0.4) is 0 Å². The van der Waals surface area contributed by atoms with Gasteiger partial charge in [-0.05, 0) is 23.1 Å². The van der Waals surface area contributed by atoms with Crippen molar-refractivity contribution in [3.05, 3.63) is 45.8 Å². The Balaban J connectivity index is 2.61. The Morgan fingerprint density at radius 1 is 1.47 bits per heavy atom. The van der Waals surface area contributed by atoms with E-state index in [-0.39, 0.29) is 0 Å². The minimum atomic E-state index is -0.650. The van der Waals surface area contributed by atoms with Gasteiger partial charge < -0.3 is 10.5 Å². The number of nitrogens with two attached hydrogens (primary N) is 1. The maximum absolute atomic E-state index is 11.1. The summed E-state index contributed by atoms with van der Waals surface area (Å²) < 4.78 is 4.54. The largest absolute Gasteiger partial charge is 0.468 e. The fourth-order valence-electron chi connectivity index (χ4n) is 1.38. The van der Waals surface area contributed by atoms with Crippen molar-refractivity contribution < 1.29 is 9.53 Å². The van der Waals surface area contributed by atoms with Gasteiger partial charge in [-0.1, -0.05) is 29.4 Å². The number of ether oxygens (including phenoxy) is 1. The predicted octanol–water partition coefficient (Wildman–Crippen LogP) is 1.54. The minimum absolute atomic E-state index is 0.319. The van der Waals surface area contributed by atoms with Crippen molar-refractivity contribution >= 4 is 5.97 Å². The van der Waals surface area contributed by atoms with E-state index in [2.05, 4.69) is 14.8 Å². The molecule has 1 aromatic rings. The van der Waals surface area contributed by atoms with Crippen LogP contribution < -0.4 is 5.73 Å². The van der Waals surface area contributed by atoms with Crippen molar-refractivity contribution in [2.45, 2.75) is 19.0 Å². The zero-order valence-electron chi connectivity index (χ0n) is 9.54. The highest BCUT2D eigenvalue weighted by Crippen LogP contribution is 2.08. The normalized spacial score (nSPS) is 11.4. The van der Waals surface area contributed by atoms with Gasteiger partial charge in [0.05, 0.1) is 13.7 Å². The number of benzene rings is 1. The molecule has 6 heteroatoms. The summed E-state index contributed by atoms with van der Waals surface area (Å²) in [6.45, 7) is 0.319. The van der Waals surface area contributed by atoms with Crippen molar-refractivity contribution in [1.29, 1.82) is 0 Å². The van der Waals surface area contributed by atoms with Gasteiger partial charge >= 0.3 is 5.97 Å². The molecule has 17 heavy (non-hydrogen) atoms. The fourth-order valence-corrected chi connectivity index (χ4v) is 1.38. The topological polar surface area (TPSA) is 101 Å². The summed E-state index contributed by atoms with van der Waals surface area (Å²) in [6.07, 6.45) is 0.425. The van der Waals surface area contributed by atoms with Crippen molar-refractivity contribution in [2.75, 3.05) is 7.11 Å². The highest BCUT2D eigenvalue weighted by molar-refractivity contribution is 5.75. The van der Waals surface area contributed by atoms with E-state index in [4.69, 9.17) is 11.3 Å². The molecule has 0 aliphatic rings. The van der Waals surface area contributed by atoms with Crippen molar-refractivity contribution in [2.24, 2.45) is 10.8 Å². The van der Waals surface area contributed by atoms with E-state index in [1.54, 1.807) is 0 Å². The lowest BCUT2D eigenvalue weighted by atomic mass is 10.0. The zero-order valence-corrected chi connectivity index (χ0v) is 9.54. The smallest absolute Gasteiger partial charge is 0.322 e. The molecule has 0 amide bonds. The Hall–Kier alpha value is -2.04. The molecule has 0 radical (unpaired) electrons. The maximum atomic E-state index is 11.1. The molecule has 0 bridgehead atoms. The Bertz CT molecular complexity index is 424. The summed E-state index contributed by atoms with van der Waals surface area (Å²) in [5.41, 5.74) is 15.7. The van der Waals surface area contributed by atoms with E-state index in [9.17, 15) is 4.79 Å². The molecule has 0 saturated heterocycles. The average Bonchev–Trinajstić information content (AvgIpc) is 2.37. The monoisotopic (exact) mass is 234 g/mol. The molecule has 0 unspecified atom stereocenters. The van der Waals surface area contributed by atoms with E-state index in [0.29, 0.717) is 13.0 Å². The Labute approximate surface area is 99.0 Å². The van der Waals surface area contributed by atoms with Crippen molar-refractivity contribution in [3.63, 3.8) is 0 Å². The first-order valence-electron chi connectivity index (χ1n) is 5.09. The number of rotatable bonds is 5. The lowest BCUT2D eigenvalue weighted by Crippen LogP contribution is -2.33. The average molecular weight is 234 g/mol. The van der Waals surface area contributed by atoms with Gasteiger partial charge in [0.15, 0.2) is 0 Å². The van der Waals surface area contributed by atoms with E-state index >= 15 is 0 Å². The predicted molar refractivity (Wildman–Crippen MR) is 63.0 cm³/mol. The molecule has 1 rings (SSSR count). The first-order valence-corrected chi connectivity index (χ1v) is 5.09. The molecule has 1 aromatic carbocycles. The standard InChI is InChI=1S/C11H14N4O2/c1-17-11(16)10(12)6-8-2-4-9(5-3-8)7-14-15-13/h2-5,10H,6-7,12H2,1H3/t10-/m0/s1. The molecule has 1 atom stereocenters. The number of azide groups is 1. The van der Waals surface area contributed by atoms with Gasteiger partial charge in [0.2, 0.25) is 0 Å². The molecular formula is C11H14N4O2. The molecule has 0 fully saturated rings. The molecule has 2 N–H and O–H groups in total. The third kappa shape index (κ3) is 4.14. The van der Waals surface area contributed by atoms with Crippen LogP contribution in [0.25, 0.3) is 10.4 Å². The SMILES string of the molecule is COC(=O)[C@@H](N)Cc1ccc(CN=[N+]=[N-])cc1. The number of methoxy groups -OCH3 is 1. The van der Waals surface area contributed by atoms with E-state index in [0.717, 1.165) is 11.1 Å². The van der Waals surface area contributed by atoms with E-state index in [1.807, 2.05) is 24.3 Å². The molecule has 0 saturated carbocycles. The summed E-state index contributed by atoms with van der Waals surface area (Å²) >= 11 is 0. The number of carbonyl (C=O) groups excluding carboxylic acids is 1. The summed E-state index contributed by atoms with van der Waals surface area (Å²) in [5, 5.41) is 3.46. The zero-order chi connectivity index (χ0) is 12.7. The first-order chi connectivity index (χ1) is 8.17. The van der Waals surface area contributed by atoms with Crippen molar-refractivity contribution in [3.8, 4) is 0 Å². The highest BCUT2D eigenvalue weighted by Gasteiger charge is 2.13. The van der Waals surface area contributed by atoms with Crippen LogP contribution in [0.4, 0.5) is 0 Å². The van der Waals surface area contributed by atoms with Crippen LogP contribution in [-0.2, 0) is 22.5 Å². The van der Waals surface area contributed by atoms with Gasteiger partial charge in [-0.3, -0.25) is 4.79 Å². The summed E-state index contributed by atoms with van der Waals surface area (Å²) in [4.78, 5) is 13.8. The Morgan fingerprint density at radius 3 is 2.59 bits per heavy atom. The van der Waals surface area contributed by atoms with Gasteiger partial charge in [0, 0.05) is 4.91 Å². The third-order valence-corrected chi connectivity index (χ3v) is 2.30. The molecule has 0 aliphatic heterocycles. The summed E-state index contributed by atoms with van der Waals surface area (Å²) in [6, 6.07) is 6.74. The van der Waals surface area contributed by atoms with Crippen LogP contribution in [-0.4, -0.2) is 19.1 Å². The molecular weight excluding hydrogens is 220 g/mol. The Kier molecular flexibility index (Phi) is 5.00. The number of hydrogen-bond donors (Lipinski definition) is 1. The van der Waals surface area contributed by atoms with Crippen LogP contribution in [0.2, 0.25) is 0 Å². The minimum Gasteiger partial charge on any atom is -0.468 e. The van der Waals surface area contributed by atoms with E-state index in [1.165, 1.54) is 7.11 Å². The molecule has 0 aliphatic carbocycles. The van der Waals surface area contributed by atoms with Crippen LogP contribution in [0.1, 0.15) is 11.1 Å². The van der Waals surface area contributed by atoms with Gasteiger partial charge in [-0.25, -0.2) is 0 Å². The Morgan fingerprint density at radius 2 is 2.06 bits per heavy atom. The van der Waals surface area contributed by atoms with Crippen LogP contribution >= 0.6 is 0 Å². The number of nitrogens with zero attached hydrogens (tertiary/aromatic N) is 3. The molecule has 0 aromatic heterocycles. The third-order valence-electron chi connectivity index (χ3n) is 2.30. The molecule has 90 valence electrons. The second-order valence-electron chi connectivity index (χ2n) is 3.54. The summed E-state index contributed by atoms with van der Waals surface area (Å²) in [7, 11) is 1.31. The van der Waals surface area contributed by atoms with E-state index < -0.39 is 12.0 Å². The molecule has 0 heterocycles. The number of esters is 1. The second-order valence-corrected chi connectivity index (χ2v) is 3.54. The number of hydrogen-bond acceptors (Lipinski definition) is 4. The molecule has 0 spiro atoms. The van der Waals surface area contributed by atoms with Gasteiger partial charge in [-0.15, -0.1) is 0 Å². The van der Waals surface area contributed by atoms with Gasteiger partial charge in [0.25, 0.3) is 0 Å². The van der Waals surface area contributed by atoms with Gasteiger partial charge in [0.1, 0.15) is 6.04 Å². The van der Waals surface area contributed by atoms with Crippen molar-refractivity contribution in [1.82, 2.24) is 0 Å². The van der Waals surface area contributed by atoms with Crippen LogP contribution in [0.5, 0.6) is 0 Å². The maximum Gasteiger partial charge on any atom is 0.322 e. The number of carbonyl (C=O) groups is 1. The first kappa shape index (κ1) is 13.0. The highest BCUT2D eigenvalue weighted by atomic mass is 16.5.